The van der Waals surface area contributed by atoms with Crippen LogP contribution in [0.4, 0.5) is 0 Å². The number of fused-ring (bicyclic) bond motifs is 1. The lowest BCUT2D eigenvalue weighted by Crippen LogP contribution is -2.07. The quantitative estimate of drug-likeness (QED) is 0.803. The van der Waals surface area contributed by atoms with Gasteiger partial charge in [-0.25, -0.2) is 0 Å². The van der Waals surface area contributed by atoms with Crippen LogP contribution in [0.5, 0.6) is 0 Å². The van der Waals surface area contributed by atoms with E-state index in [1.807, 2.05) is 12.1 Å². The van der Waals surface area contributed by atoms with E-state index in [2.05, 4.69) is 41.6 Å². The van der Waals surface area contributed by atoms with Crippen molar-refractivity contribution in [1.29, 1.82) is 5.26 Å². The van der Waals surface area contributed by atoms with Gasteiger partial charge in [0, 0.05) is 12.0 Å². The van der Waals surface area contributed by atoms with E-state index in [0.717, 1.165) is 11.3 Å². The SMILES string of the molecule is N#CCC1CC(c2ccc3ccccc3c2)=NO1. The third kappa shape index (κ3) is 1.93. The van der Waals surface area contributed by atoms with Gasteiger partial charge < -0.3 is 4.84 Å². The Morgan fingerprint density at radius 1 is 1.22 bits per heavy atom. The second-order valence-corrected chi connectivity index (χ2v) is 4.39. The molecular weight excluding hydrogens is 224 g/mol. The van der Waals surface area contributed by atoms with Crippen LogP contribution in [0.2, 0.25) is 0 Å². The topological polar surface area (TPSA) is 45.4 Å². The van der Waals surface area contributed by atoms with Crippen LogP contribution in [0.15, 0.2) is 47.6 Å². The van der Waals surface area contributed by atoms with Crippen molar-refractivity contribution in [2.45, 2.75) is 18.9 Å². The molecule has 1 aliphatic heterocycles. The Morgan fingerprint density at radius 2 is 2.06 bits per heavy atom. The molecule has 0 aliphatic carbocycles. The van der Waals surface area contributed by atoms with E-state index in [4.69, 9.17) is 10.1 Å². The van der Waals surface area contributed by atoms with Gasteiger partial charge in [0.2, 0.25) is 0 Å². The van der Waals surface area contributed by atoms with Crippen molar-refractivity contribution in [1.82, 2.24) is 0 Å². The summed E-state index contributed by atoms with van der Waals surface area (Å²) in [5, 5.41) is 15.1. The molecule has 3 heteroatoms. The first-order valence-electron chi connectivity index (χ1n) is 5.95. The molecule has 1 atom stereocenters. The lowest BCUT2D eigenvalue weighted by Gasteiger charge is -2.03. The van der Waals surface area contributed by atoms with Crippen molar-refractivity contribution in [2.24, 2.45) is 5.16 Å². The first-order chi connectivity index (χ1) is 8.86. The molecule has 1 heterocycles. The molecule has 3 nitrogen and oxygen atoms in total. The van der Waals surface area contributed by atoms with E-state index in [9.17, 15) is 0 Å². The molecule has 0 amide bonds. The summed E-state index contributed by atoms with van der Waals surface area (Å²) in [6, 6.07) is 16.6. The Balaban J connectivity index is 1.90. The van der Waals surface area contributed by atoms with Crippen molar-refractivity contribution < 1.29 is 4.84 Å². The highest BCUT2D eigenvalue weighted by Gasteiger charge is 2.21. The summed E-state index contributed by atoms with van der Waals surface area (Å²) >= 11 is 0. The molecule has 3 rings (SSSR count). The number of nitriles is 1. The first kappa shape index (κ1) is 10.8. The summed E-state index contributed by atoms with van der Waals surface area (Å²) in [6.45, 7) is 0. The predicted octanol–water partition coefficient (Wildman–Crippen LogP) is 3.25. The van der Waals surface area contributed by atoms with Crippen molar-refractivity contribution in [2.75, 3.05) is 0 Å². The van der Waals surface area contributed by atoms with Gasteiger partial charge in [-0.1, -0.05) is 41.6 Å². The third-order valence-corrected chi connectivity index (χ3v) is 3.13. The van der Waals surface area contributed by atoms with Crippen LogP contribution in [-0.4, -0.2) is 11.8 Å². The van der Waals surface area contributed by atoms with Crippen LogP contribution in [0.25, 0.3) is 10.8 Å². The summed E-state index contributed by atoms with van der Waals surface area (Å²) in [5.74, 6) is 0. The van der Waals surface area contributed by atoms with Crippen LogP contribution in [0, 0.1) is 11.3 Å². The lowest BCUT2D eigenvalue weighted by molar-refractivity contribution is 0.0891. The van der Waals surface area contributed by atoms with Crippen LogP contribution < -0.4 is 0 Å². The van der Waals surface area contributed by atoms with Gasteiger partial charge in [-0.05, 0) is 16.8 Å². The Hall–Kier alpha value is -2.34. The van der Waals surface area contributed by atoms with Crippen LogP contribution in [-0.2, 0) is 4.84 Å². The van der Waals surface area contributed by atoms with Gasteiger partial charge in [-0.15, -0.1) is 0 Å². The highest BCUT2D eigenvalue weighted by molar-refractivity contribution is 6.04. The van der Waals surface area contributed by atoms with Crippen LogP contribution in [0.1, 0.15) is 18.4 Å². The molecule has 0 fully saturated rings. The molecule has 0 N–H and O–H groups in total. The maximum atomic E-state index is 8.64. The zero-order chi connectivity index (χ0) is 12.4. The molecule has 0 spiro atoms. The zero-order valence-corrected chi connectivity index (χ0v) is 9.84. The summed E-state index contributed by atoms with van der Waals surface area (Å²) in [6.07, 6.45) is 1.02. The summed E-state index contributed by atoms with van der Waals surface area (Å²) in [7, 11) is 0. The van der Waals surface area contributed by atoms with Crippen molar-refractivity contribution in [3.63, 3.8) is 0 Å². The lowest BCUT2D eigenvalue weighted by atomic mass is 10.0. The fourth-order valence-corrected chi connectivity index (χ4v) is 2.18. The minimum absolute atomic E-state index is 0.0866. The molecule has 18 heavy (non-hydrogen) atoms. The van der Waals surface area contributed by atoms with Gasteiger partial charge in [0.15, 0.2) is 0 Å². The summed E-state index contributed by atoms with van der Waals surface area (Å²) < 4.78 is 0. The molecule has 1 unspecified atom stereocenters. The van der Waals surface area contributed by atoms with Gasteiger partial charge in [-0.2, -0.15) is 5.26 Å². The maximum Gasteiger partial charge on any atom is 0.146 e. The number of benzene rings is 2. The van der Waals surface area contributed by atoms with Gasteiger partial charge in [0.25, 0.3) is 0 Å². The monoisotopic (exact) mass is 236 g/mol. The number of rotatable bonds is 2. The summed E-state index contributed by atoms with van der Waals surface area (Å²) in [4.78, 5) is 5.24. The van der Waals surface area contributed by atoms with E-state index in [1.165, 1.54) is 10.8 Å². The van der Waals surface area contributed by atoms with Crippen LogP contribution in [0.3, 0.4) is 0 Å². The first-order valence-corrected chi connectivity index (χ1v) is 5.95. The fourth-order valence-electron chi connectivity index (χ4n) is 2.18. The molecule has 88 valence electrons. The Bertz CT molecular complexity index is 655. The van der Waals surface area contributed by atoms with Crippen molar-refractivity contribution >= 4 is 16.5 Å². The minimum atomic E-state index is -0.0866. The highest BCUT2D eigenvalue weighted by atomic mass is 16.6. The van der Waals surface area contributed by atoms with Gasteiger partial charge in [0.05, 0.1) is 18.2 Å². The van der Waals surface area contributed by atoms with Crippen molar-refractivity contribution in [3.05, 3.63) is 48.0 Å². The van der Waals surface area contributed by atoms with Gasteiger partial charge >= 0.3 is 0 Å². The van der Waals surface area contributed by atoms with E-state index in [0.29, 0.717) is 12.8 Å². The van der Waals surface area contributed by atoms with E-state index < -0.39 is 0 Å². The molecule has 0 saturated carbocycles. The van der Waals surface area contributed by atoms with E-state index >= 15 is 0 Å². The number of nitrogens with zero attached hydrogens (tertiary/aromatic N) is 2. The zero-order valence-electron chi connectivity index (χ0n) is 9.84. The minimum Gasteiger partial charge on any atom is -0.391 e. The van der Waals surface area contributed by atoms with E-state index in [1.54, 1.807) is 0 Å². The maximum absolute atomic E-state index is 8.64. The largest absolute Gasteiger partial charge is 0.391 e. The Kier molecular flexibility index (Phi) is 2.70. The highest BCUT2D eigenvalue weighted by Crippen LogP contribution is 2.22. The third-order valence-electron chi connectivity index (χ3n) is 3.13. The van der Waals surface area contributed by atoms with Gasteiger partial charge in [-0.3, -0.25) is 0 Å². The second-order valence-electron chi connectivity index (χ2n) is 4.39. The van der Waals surface area contributed by atoms with Crippen molar-refractivity contribution in [3.8, 4) is 6.07 Å². The van der Waals surface area contributed by atoms with E-state index in [-0.39, 0.29) is 6.10 Å². The van der Waals surface area contributed by atoms with Gasteiger partial charge in [0.1, 0.15) is 6.10 Å². The number of hydrogen-bond donors (Lipinski definition) is 0. The Morgan fingerprint density at radius 3 is 2.89 bits per heavy atom. The predicted molar refractivity (Wildman–Crippen MR) is 70.2 cm³/mol. The number of oxime groups is 1. The molecule has 2 aromatic carbocycles. The fraction of sp³-hybridized carbons (Fsp3) is 0.200. The molecule has 0 aromatic heterocycles. The molecule has 2 aromatic rings. The second kappa shape index (κ2) is 4.50. The summed E-state index contributed by atoms with van der Waals surface area (Å²) in [5.41, 5.74) is 2.01. The number of hydrogen-bond acceptors (Lipinski definition) is 3. The molecule has 0 saturated heterocycles. The standard InChI is InChI=1S/C15H12N2O/c16-8-7-14-10-15(17-18-14)13-6-5-11-3-1-2-4-12(11)9-13/h1-6,9,14H,7,10H2. The normalized spacial score (nSPS) is 18.2. The molecule has 0 radical (unpaired) electrons. The van der Waals surface area contributed by atoms with Crippen LogP contribution >= 0.6 is 0 Å². The molecular formula is C15H12N2O. The Labute approximate surface area is 105 Å². The molecule has 0 bridgehead atoms. The average Bonchev–Trinajstić information content (AvgIpc) is 2.87. The smallest absolute Gasteiger partial charge is 0.146 e. The molecule has 1 aliphatic rings. The average molecular weight is 236 g/mol.